The summed E-state index contributed by atoms with van der Waals surface area (Å²) >= 11 is 0. The van der Waals surface area contributed by atoms with Crippen molar-refractivity contribution >= 4 is 0 Å². The molecule has 0 unspecified atom stereocenters. The van der Waals surface area contributed by atoms with Crippen molar-refractivity contribution in [1.29, 1.82) is 5.26 Å². The summed E-state index contributed by atoms with van der Waals surface area (Å²) in [5.74, 6) is 3.45. The van der Waals surface area contributed by atoms with Gasteiger partial charge in [0.1, 0.15) is 0 Å². The number of hydrogen-bond acceptors (Lipinski definition) is 7. The molecule has 0 atom stereocenters. The summed E-state index contributed by atoms with van der Waals surface area (Å²) in [5.41, 5.74) is 7.81. The van der Waals surface area contributed by atoms with E-state index in [9.17, 15) is 5.26 Å². The Balaban J connectivity index is 1.16. The molecular formula is C43H27N7. The zero-order valence-corrected chi connectivity index (χ0v) is 26.7. The van der Waals surface area contributed by atoms with Crippen molar-refractivity contribution in [3.05, 3.63) is 169 Å². The lowest BCUT2D eigenvalue weighted by molar-refractivity contribution is 1.07. The molecule has 0 radical (unpaired) electrons. The van der Waals surface area contributed by atoms with E-state index in [-0.39, 0.29) is 0 Å². The van der Waals surface area contributed by atoms with Crippen molar-refractivity contribution in [3.8, 4) is 85.5 Å². The molecule has 7 nitrogen and oxygen atoms in total. The van der Waals surface area contributed by atoms with Crippen LogP contribution in [0.4, 0.5) is 0 Å². The first-order chi connectivity index (χ1) is 24.7. The zero-order valence-electron chi connectivity index (χ0n) is 26.7. The fraction of sp³-hybridized carbons (Fsp3) is 0. The molecule has 0 fully saturated rings. The molecule has 0 aliphatic rings. The van der Waals surface area contributed by atoms with Gasteiger partial charge in [0.2, 0.25) is 0 Å². The van der Waals surface area contributed by atoms with Gasteiger partial charge in [-0.15, -0.1) is 0 Å². The molecule has 6 aromatic carbocycles. The van der Waals surface area contributed by atoms with Crippen molar-refractivity contribution in [2.75, 3.05) is 0 Å². The lowest BCUT2D eigenvalue weighted by Gasteiger charge is -2.10. The minimum atomic E-state index is 0.504. The Kier molecular flexibility index (Phi) is 8.16. The number of benzene rings is 6. The molecule has 0 aliphatic heterocycles. The molecule has 0 amide bonds. The van der Waals surface area contributed by atoms with Gasteiger partial charge in [-0.05, 0) is 29.3 Å². The summed E-state index contributed by atoms with van der Waals surface area (Å²) in [6, 6.07) is 55.6. The van der Waals surface area contributed by atoms with Crippen molar-refractivity contribution in [2.45, 2.75) is 0 Å². The molecule has 7 heteroatoms. The Hall–Kier alpha value is -7.17. The Labute approximate surface area is 289 Å². The Morgan fingerprint density at radius 2 is 0.600 bits per heavy atom. The second-order valence-electron chi connectivity index (χ2n) is 11.6. The molecule has 0 saturated carbocycles. The second kappa shape index (κ2) is 13.5. The molecule has 50 heavy (non-hydrogen) atoms. The molecule has 0 spiro atoms. The Morgan fingerprint density at radius 3 is 1.04 bits per heavy atom. The molecule has 2 aromatic heterocycles. The van der Waals surface area contributed by atoms with E-state index in [0.717, 1.165) is 44.5 Å². The maximum Gasteiger partial charge on any atom is 0.164 e. The third-order valence-corrected chi connectivity index (χ3v) is 8.21. The fourth-order valence-corrected chi connectivity index (χ4v) is 5.67. The lowest BCUT2D eigenvalue weighted by Crippen LogP contribution is -2.00. The van der Waals surface area contributed by atoms with E-state index in [1.54, 1.807) is 12.1 Å². The molecule has 8 aromatic rings. The van der Waals surface area contributed by atoms with Gasteiger partial charge in [0.05, 0.1) is 11.6 Å². The van der Waals surface area contributed by atoms with Crippen molar-refractivity contribution < 1.29 is 0 Å². The molecule has 0 aliphatic carbocycles. The smallest absolute Gasteiger partial charge is 0.164 e. The molecule has 0 N–H and O–H groups in total. The predicted molar refractivity (Wildman–Crippen MR) is 196 cm³/mol. The van der Waals surface area contributed by atoms with Crippen LogP contribution in [0.25, 0.3) is 79.5 Å². The molecule has 2 heterocycles. The molecule has 0 bridgehead atoms. The summed E-state index contributed by atoms with van der Waals surface area (Å²) in [6.45, 7) is 0. The second-order valence-corrected chi connectivity index (χ2v) is 11.6. The van der Waals surface area contributed by atoms with Crippen LogP contribution in [-0.2, 0) is 0 Å². The Bertz CT molecular complexity index is 2420. The number of nitriles is 1. The summed E-state index contributed by atoms with van der Waals surface area (Å²) in [7, 11) is 0. The highest BCUT2D eigenvalue weighted by Gasteiger charge is 2.15. The molecule has 8 rings (SSSR count). The van der Waals surface area contributed by atoms with Gasteiger partial charge in [0.15, 0.2) is 34.9 Å². The van der Waals surface area contributed by atoms with Crippen molar-refractivity contribution in [1.82, 2.24) is 29.9 Å². The van der Waals surface area contributed by atoms with Crippen LogP contribution in [0.2, 0.25) is 0 Å². The number of aromatic nitrogens is 6. The number of rotatable bonds is 7. The van der Waals surface area contributed by atoms with Crippen LogP contribution >= 0.6 is 0 Å². The maximum atomic E-state index is 9.48. The topological polar surface area (TPSA) is 101 Å². The summed E-state index contributed by atoms with van der Waals surface area (Å²) < 4.78 is 0. The van der Waals surface area contributed by atoms with Crippen molar-refractivity contribution in [2.24, 2.45) is 0 Å². The van der Waals surface area contributed by atoms with Crippen LogP contribution in [0.5, 0.6) is 0 Å². The van der Waals surface area contributed by atoms with Crippen LogP contribution in [0.15, 0.2) is 164 Å². The zero-order chi connectivity index (χ0) is 33.7. The third kappa shape index (κ3) is 6.37. The van der Waals surface area contributed by atoms with Gasteiger partial charge in [-0.2, -0.15) is 5.26 Å². The van der Waals surface area contributed by atoms with E-state index in [1.165, 1.54) is 0 Å². The van der Waals surface area contributed by atoms with E-state index in [1.807, 2.05) is 127 Å². The van der Waals surface area contributed by atoms with E-state index < -0.39 is 0 Å². The fourth-order valence-electron chi connectivity index (χ4n) is 5.67. The molecule has 0 saturated heterocycles. The highest BCUT2D eigenvalue weighted by atomic mass is 15.0. The molecule has 234 valence electrons. The number of hydrogen-bond donors (Lipinski definition) is 0. The summed E-state index contributed by atoms with van der Waals surface area (Å²) in [5, 5.41) is 9.48. The first-order valence-electron chi connectivity index (χ1n) is 16.1. The van der Waals surface area contributed by atoms with Gasteiger partial charge >= 0.3 is 0 Å². The van der Waals surface area contributed by atoms with Crippen LogP contribution in [0, 0.1) is 11.3 Å². The van der Waals surface area contributed by atoms with E-state index in [4.69, 9.17) is 29.9 Å². The van der Waals surface area contributed by atoms with Gasteiger partial charge in [-0.1, -0.05) is 146 Å². The van der Waals surface area contributed by atoms with Gasteiger partial charge < -0.3 is 0 Å². The normalized spacial score (nSPS) is 10.8. The number of nitrogens with zero attached hydrogens (tertiary/aromatic N) is 7. The minimum Gasteiger partial charge on any atom is -0.208 e. The highest BCUT2D eigenvalue weighted by molar-refractivity contribution is 5.75. The van der Waals surface area contributed by atoms with E-state index in [2.05, 4.69) is 30.3 Å². The van der Waals surface area contributed by atoms with Crippen LogP contribution in [-0.4, -0.2) is 29.9 Å². The average Bonchev–Trinajstić information content (AvgIpc) is 3.21. The quantitative estimate of drug-likeness (QED) is 0.171. The first kappa shape index (κ1) is 30.2. The third-order valence-electron chi connectivity index (χ3n) is 8.21. The van der Waals surface area contributed by atoms with Gasteiger partial charge in [0.25, 0.3) is 0 Å². The average molecular weight is 642 g/mol. The largest absolute Gasteiger partial charge is 0.208 e. The maximum absolute atomic E-state index is 9.48. The minimum absolute atomic E-state index is 0.504. The van der Waals surface area contributed by atoms with Gasteiger partial charge in [-0.3, -0.25) is 0 Å². The monoisotopic (exact) mass is 641 g/mol. The first-order valence-corrected chi connectivity index (χ1v) is 16.1. The summed E-state index contributed by atoms with van der Waals surface area (Å²) in [4.78, 5) is 29.1. The van der Waals surface area contributed by atoms with Crippen LogP contribution in [0.3, 0.4) is 0 Å². The summed E-state index contributed by atoms with van der Waals surface area (Å²) in [6.07, 6.45) is 0. The van der Waals surface area contributed by atoms with E-state index >= 15 is 0 Å². The van der Waals surface area contributed by atoms with E-state index in [0.29, 0.717) is 40.5 Å². The van der Waals surface area contributed by atoms with Gasteiger partial charge in [-0.25, -0.2) is 29.9 Å². The predicted octanol–water partition coefficient (Wildman–Crippen LogP) is 9.60. The lowest BCUT2D eigenvalue weighted by atomic mass is 10.0. The SMILES string of the molecule is N#Cc1cccc(-c2nc(-c3ccccc3)nc(-c3ccc(-c4cccc(-c5nc(-c6ccccc6)nc(-c6ccccc6)n5)c4)cc3)n2)c1. The Morgan fingerprint density at radius 1 is 0.280 bits per heavy atom. The van der Waals surface area contributed by atoms with Crippen LogP contribution < -0.4 is 0 Å². The highest BCUT2D eigenvalue weighted by Crippen LogP contribution is 2.30. The van der Waals surface area contributed by atoms with Crippen molar-refractivity contribution in [3.63, 3.8) is 0 Å². The van der Waals surface area contributed by atoms with Crippen LogP contribution in [0.1, 0.15) is 5.56 Å². The molecular weight excluding hydrogens is 615 g/mol. The van der Waals surface area contributed by atoms with Gasteiger partial charge in [0, 0.05) is 33.4 Å². The standard InChI is InChI=1S/C43H27N7/c44-28-29-12-10-20-36(26-29)42-47-40(33-17-8-3-9-18-33)46-41(50-42)34-24-22-30(23-25-34)35-19-11-21-37(27-35)43-48-38(31-13-4-1-5-14-31)45-39(49-43)32-15-6-2-7-16-32/h1-27H.